The number of methoxy groups -OCH3 is 1. The third kappa shape index (κ3) is 6.82. The first kappa shape index (κ1) is 20.6. The summed E-state index contributed by atoms with van der Waals surface area (Å²) in [5.74, 6) is 6.35. The van der Waals surface area contributed by atoms with E-state index >= 15 is 0 Å². The standard InChI is InChI=1S/C14H19NO.C9H8N2/c1-3-15-11-7-6-9-13-8-4-5-10-14(13)12-16-2;1-7-8-4-2-3-5-9(8)11-6-10-7/h4-5,8,10,15H,3,7,11-12H2,1-2H3;2-6H,1H3. The molecule has 0 saturated carbocycles. The third-order valence-electron chi connectivity index (χ3n) is 3.96. The van der Waals surface area contributed by atoms with E-state index in [1.807, 2.05) is 49.4 Å². The molecule has 2 aromatic carbocycles. The summed E-state index contributed by atoms with van der Waals surface area (Å²) in [4.78, 5) is 8.23. The van der Waals surface area contributed by atoms with Crippen molar-refractivity contribution in [2.45, 2.75) is 26.9 Å². The van der Waals surface area contributed by atoms with E-state index < -0.39 is 0 Å². The lowest BCUT2D eigenvalue weighted by molar-refractivity contribution is 0.184. The fourth-order valence-corrected chi connectivity index (χ4v) is 2.55. The van der Waals surface area contributed by atoms with Gasteiger partial charge in [-0.3, -0.25) is 0 Å². The molecule has 4 nitrogen and oxygen atoms in total. The molecule has 0 aliphatic heterocycles. The van der Waals surface area contributed by atoms with Crippen molar-refractivity contribution in [1.29, 1.82) is 0 Å². The maximum atomic E-state index is 5.13. The van der Waals surface area contributed by atoms with Crippen molar-refractivity contribution in [2.24, 2.45) is 0 Å². The number of hydrogen-bond acceptors (Lipinski definition) is 4. The van der Waals surface area contributed by atoms with Gasteiger partial charge in [0.05, 0.1) is 12.1 Å². The van der Waals surface area contributed by atoms with E-state index in [0.29, 0.717) is 6.61 Å². The monoisotopic (exact) mass is 361 g/mol. The lowest BCUT2D eigenvalue weighted by atomic mass is 10.1. The van der Waals surface area contributed by atoms with Gasteiger partial charge in [0.25, 0.3) is 0 Å². The fraction of sp³-hybridized carbons (Fsp3) is 0.304. The molecule has 0 spiro atoms. The van der Waals surface area contributed by atoms with Gasteiger partial charge in [0.1, 0.15) is 6.33 Å². The Labute approximate surface area is 162 Å². The SMILES string of the molecule is CCNCCC#Cc1ccccc1COC.Cc1ncnc2ccccc12. The van der Waals surface area contributed by atoms with Crippen LogP contribution in [-0.4, -0.2) is 30.2 Å². The van der Waals surface area contributed by atoms with Crippen LogP contribution in [0.4, 0.5) is 0 Å². The lowest BCUT2D eigenvalue weighted by Gasteiger charge is -2.01. The van der Waals surface area contributed by atoms with E-state index in [-0.39, 0.29) is 0 Å². The molecule has 140 valence electrons. The molecule has 0 saturated heterocycles. The molecule has 0 aliphatic carbocycles. The summed E-state index contributed by atoms with van der Waals surface area (Å²) in [6.45, 7) is 6.67. The average molecular weight is 361 g/mol. The number of nitrogens with one attached hydrogen (secondary N) is 1. The van der Waals surface area contributed by atoms with Gasteiger partial charge in [0.15, 0.2) is 0 Å². The highest BCUT2D eigenvalue weighted by atomic mass is 16.5. The summed E-state index contributed by atoms with van der Waals surface area (Å²) in [7, 11) is 1.70. The van der Waals surface area contributed by atoms with E-state index in [2.05, 4.69) is 40.1 Å². The summed E-state index contributed by atoms with van der Waals surface area (Å²) in [5.41, 5.74) is 4.28. The summed E-state index contributed by atoms with van der Waals surface area (Å²) in [6.07, 6.45) is 2.48. The zero-order valence-electron chi connectivity index (χ0n) is 16.3. The van der Waals surface area contributed by atoms with E-state index in [4.69, 9.17) is 4.74 Å². The molecule has 3 rings (SSSR count). The second-order valence-electron chi connectivity index (χ2n) is 5.97. The highest BCUT2D eigenvalue weighted by Crippen LogP contribution is 2.11. The highest BCUT2D eigenvalue weighted by molar-refractivity contribution is 5.80. The molecule has 4 heteroatoms. The number of fused-ring (bicyclic) bond motifs is 1. The number of ether oxygens (including phenoxy) is 1. The minimum atomic E-state index is 0.623. The van der Waals surface area contributed by atoms with E-state index in [9.17, 15) is 0 Å². The van der Waals surface area contributed by atoms with Crippen LogP contribution in [0.25, 0.3) is 10.9 Å². The Balaban J connectivity index is 0.000000206. The average Bonchev–Trinajstić information content (AvgIpc) is 2.70. The molecule has 0 atom stereocenters. The summed E-state index contributed by atoms with van der Waals surface area (Å²) in [6, 6.07) is 16.1. The number of para-hydroxylation sites is 1. The molecule has 0 fully saturated rings. The minimum Gasteiger partial charge on any atom is -0.380 e. The molecule has 0 unspecified atom stereocenters. The van der Waals surface area contributed by atoms with E-state index in [1.165, 1.54) is 0 Å². The van der Waals surface area contributed by atoms with Crippen LogP contribution in [0.2, 0.25) is 0 Å². The van der Waals surface area contributed by atoms with Crippen molar-refractivity contribution in [2.75, 3.05) is 20.2 Å². The second-order valence-corrected chi connectivity index (χ2v) is 5.97. The van der Waals surface area contributed by atoms with Crippen LogP contribution in [0, 0.1) is 18.8 Å². The molecule has 1 heterocycles. The topological polar surface area (TPSA) is 47.0 Å². The molecule has 1 N–H and O–H groups in total. The Morgan fingerprint density at radius 3 is 2.59 bits per heavy atom. The Hall–Kier alpha value is -2.74. The Kier molecular flexibility index (Phi) is 8.99. The van der Waals surface area contributed by atoms with Crippen molar-refractivity contribution in [3.63, 3.8) is 0 Å². The maximum absolute atomic E-state index is 5.13. The fourth-order valence-electron chi connectivity index (χ4n) is 2.55. The molecule has 0 radical (unpaired) electrons. The molecular weight excluding hydrogens is 334 g/mol. The maximum Gasteiger partial charge on any atom is 0.116 e. The van der Waals surface area contributed by atoms with Crippen LogP contribution in [0.3, 0.4) is 0 Å². The summed E-state index contributed by atoms with van der Waals surface area (Å²) in [5, 5.41) is 4.38. The molecule has 27 heavy (non-hydrogen) atoms. The predicted octanol–water partition coefficient (Wildman–Crippen LogP) is 4.12. The molecule has 0 amide bonds. The lowest BCUT2D eigenvalue weighted by Crippen LogP contribution is -2.13. The van der Waals surface area contributed by atoms with Crippen LogP contribution in [0.15, 0.2) is 54.9 Å². The van der Waals surface area contributed by atoms with Crippen molar-refractivity contribution in [1.82, 2.24) is 15.3 Å². The summed E-state index contributed by atoms with van der Waals surface area (Å²) >= 11 is 0. The predicted molar refractivity (Wildman–Crippen MR) is 111 cm³/mol. The zero-order valence-corrected chi connectivity index (χ0v) is 16.3. The van der Waals surface area contributed by atoms with Gasteiger partial charge in [0, 0.05) is 36.7 Å². The Bertz CT molecular complexity index is 891. The molecular formula is C23H27N3O. The third-order valence-corrected chi connectivity index (χ3v) is 3.96. The van der Waals surface area contributed by atoms with Gasteiger partial charge < -0.3 is 10.1 Å². The number of benzene rings is 2. The van der Waals surface area contributed by atoms with Gasteiger partial charge in [-0.1, -0.05) is 55.2 Å². The van der Waals surface area contributed by atoms with Gasteiger partial charge in [0.2, 0.25) is 0 Å². The van der Waals surface area contributed by atoms with Crippen LogP contribution >= 0.6 is 0 Å². The first-order chi connectivity index (χ1) is 13.3. The van der Waals surface area contributed by atoms with Crippen LogP contribution in [0.5, 0.6) is 0 Å². The van der Waals surface area contributed by atoms with Crippen molar-refractivity contribution < 1.29 is 4.74 Å². The van der Waals surface area contributed by atoms with Gasteiger partial charge >= 0.3 is 0 Å². The Morgan fingerprint density at radius 1 is 1.04 bits per heavy atom. The van der Waals surface area contributed by atoms with Gasteiger partial charge in [-0.2, -0.15) is 0 Å². The molecule has 0 aliphatic rings. The number of nitrogens with zero attached hydrogens (tertiary/aromatic N) is 2. The van der Waals surface area contributed by atoms with Crippen molar-refractivity contribution in [3.05, 3.63) is 71.7 Å². The number of aryl methyl sites for hydroxylation is 1. The normalized spacial score (nSPS) is 9.89. The number of aromatic nitrogens is 2. The van der Waals surface area contributed by atoms with Gasteiger partial charge in [-0.25, -0.2) is 9.97 Å². The van der Waals surface area contributed by atoms with Crippen molar-refractivity contribution >= 4 is 10.9 Å². The van der Waals surface area contributed by atoms with Gasteiger partial charge in [-0.15, -0.1) is 0 Å². The zero-order chi connectivity index (χ0) is 19.3. The second kappa shape index (κ2) is 11.8. The minimum absolute atomic E-state index is 0.623. The van der Waals surface area contributed by atoms with Gasteiger partial charge in [-0.05, 0) is 31.2 Å². The molecule has 3 aromatic rings. The number of hydrogen-bond donors (Lipinski definition) is 1. The first-order valence-corrected chi connectivity index (χ1v) is 9.19. The Morgan fingerprint density at radius 2 is 1.81 bits per heavy atom. The molecule has 0 bridgehead atoms. The largest absolute Gasteiger partial charge is 0.380 e. The quantitative estimate of drug-likeness (QED) is 0.548. The van der Waals surface area contributed by atoms with Crippen LogP contribution in [-0.2, 0) is 11.3 Å². The smallest absolute Gasteiger partial charge is 0.116 e. The van der Waals surface area contributed by atoms with Crippen molar-refractivity contribution in [3.8, 4) is 11.8 Å². The van der Waals surface area contributed by atoms with Crippen LogP contribution < -0.4 is 5.32 Å². The summed E-state index contributed by atoms with van der Waals surface area (Å²) < 4.78 is 5.13. The van der Waals surface area contributed by atoms with E-state index in [0.717, 1.165) is 47.2 Å². The molecule has 1 aromatic heterocycles. The number of rotatable bonds is 5. The first-order valence-electron chi connectivity index (χ1n) is 9.19. The van der Waals surface area contributed by atoms with Crippen LogP contribution in [0.1, 0.15) is 30.2 Å². The highest BCUT2D eigenvalue weighted by Gasteiger charge is 1.97. The van der Waals surface area contributed by atoms with E-state index in [1.54, 1.807) is 13.4 Å².